The predicted octanol–water partition coefficient (Wildman–Crippen LogP) is 2.41. The van der Waals surface area contributed by atoms with Crippen LogP contribution in [0.25, 0.3) is 0 Å². The average molecular weight is 298 g/mol. The Kier molecular flexibility index (Phi) is 7.80. The molecule has 1 rings (SSSR count). The number of thiophene rings is 1. The molecular weight excluding hydrogens is 272 g/mol. The van der Waals surface area contributed by atoms with Crippen molar-refractivity contribution in [3.63, 3.8) is 0 Å². The lowest BCUT2D eigenvalue weighted by Gasteiger charge is -2.29. The van der Waals surface area contributed by atoms with Crippen molar-refractivity contribution >= 4 is 17.2 Å². The highest BCUT2D eigenvalue weighted by Gasteiger charge is 2.19. The minimum atomic E-state index is 0.0197. The SMILES string of the molecule is CCC(CC)N(CCO)CC(=O)NC(C)c1cccs1. The summed E-state index contributed by atoms with van der Waals surface area (Å²) in [5, 5.41) is 14.2. The minimum absolute atomic E-state index is 0.0197. The van der Waals surface area contributed by atoms with Crippen molar-refractivity contribution in [2.75, 3.05) is 19.7 Å². The van der Waals surface area contributed by atoms with Crippen LogP contribution in [-0.2, 0) is 4.79 Å². The van der Waals surface area contributed by atoms with E-state index in [0.717, 1.165) is 17.7 Å². The summed E-state index contributed by atoms with van der Waals surface area (Å²) in [5.41, 5.74) is 0. The second-order valence-electron chi connectivity index (χ2n) is 4.97. The summed E-state index contributed by atoms with van der Waals surface area (Å²) in [7, 11) is 0. The number of rotatable bonds is 9. The number of nitrogens with zero attached hydrogens (tertiary/aromatic N) is 1. The van der Waals surface area contributed by atoms with E-state index in [1.165, 1.54) is 0 Å². The molecule has 0 aliphatic rings. The Morgan fingerprint density at radius 2 is 2.15 bits per heavy atom. The molecule has 0 aliphatic carbocycles. The zero-order valence-corrected chi connectivity index (χ0v) is 13.4. The quantitative estimate of drug-likeness (QED) is 0.736. The fourth-order valence-corrected chi connectivity index (χ4v) is 3.14. The Labute approximate surface area is 125 Å². The summed E-state index contributed by atoms with van der Waals surface area (Å²) < 4.78 is 0. The number of aliphatic hydroxyl groups excluding tert-OH is 1. The molecule has 1 unspecified atom stereocenters. The summed E-state index contributed by atoms with van der Waals surface area (Å²) in [6.45, 7) is 7.21. The molecular formula is C15H26N2O2S. The van der Waals surface area contributed by atoms with Crippen molar-refractivity contribution in [3.05, 3.63) is 22.4 Å². The van der Waals surface area contributed by atoms with Gasteiger partial charge in [0.2, 0.25) is 5.91 Å². The van der Waals surface area contributed by atoms with E-state index in [9.17, 15) is 4.79 Å². The molecule has 1 amide bonds. The largest absolute Gasteiger partial charge is 0.395 e. The molecule has 0 saturated carbocycles. The van der Waals surface area contributed by atoms with E-state index in [1.54, 1.807) is 11.3 Å². The first-order valence-electron chi connectivity index (χ1n) is 7.30. The molecule has 1 aromatic heterocycles. The number of nitrogens with one attached hydrogen (secondary N) is 1. The van der Waals surface area contributed by atoms with E-state index in [0.29, 0.717) is 19.1 Å². The highest BCUT2D eigenvalue weighted by atomic mass is 32.1. The molecule has 114 valence electrons. The molecule has 1 atom stereocenters. The fourth-order valence-electron chi connectivity index (χ4n) is 2.40. The number of hydrogen-bond donors (Lipinski definition) is 2. The second kappa shape index (κ2) is 9.10. The monoisotopic (exact) mass is 298 g/mol. The van der Waals surface area contributed by atoms with Gasteiger partial charge < -0.3 is 10.4 Å². The van der Waals surface area contributed by atoms with E-state index in [1.807, 2.05) is 24.4 Å². The van der Waals surface area contributed by atoms with E-state index >= 15 is 0 Å². The summed E-state index contributed by atoms with van der Waals surface area (Å²) >= 11 is 1.65. The third-order valence-corrected chi connectivity index (χ3v) is 4.60. The highest BCUT2D eigenvalue weighted by molar-refractivity contribution is 7.10. The predicted molar refractivity (Wildman–Crippen MR) is 83.9 cm³/mol. The summed E-state index contributed by atoms with van der Waals surface area (Å²) in [6, 6.07) is 4.41. The Morgan fingerprint density at radius 3 is 2.65 bits per heavy atom. The molecule has 0 bridgehead atoms. The molecule has 0 aliphatic heterocycles. The Bertz CT molecular complexity index is 377. The maximum absolute atomic E-state index is 12.1. The van der Waals surface area contributed by atoms with Gasteiger partial charge in [0.15, 0.2) is 0 Å². The lowest BCUT2D eigenvalue weighted by molar-refractivity contribution is -0.123. The van der Waals surface area contributed by atoms with E-state index < -0.39 is 0 Å². The zero-order chi connectivity index (χ0) is 15.0. The van der Waals surface area contributed by atoms with Gasteiger partial charge in [0.05, 0.1) is 19.2 Å². The van der Waals surface area contributed by atoms with Crippen LogP contribution in [0.2, 0.25) is 0 Å². The van der Waals surface area contributed by atoms with Gasteiger partial charge in [0, 0.05) is 17.5 Å². The molecule has 0 spiro atoms. The Morgan fingerprint density at radius 1 is 1.45 bits per heavy atom. The molecule has 20 heavy (non-hydrogen) atoms. The van der Waals surface area contributed by atoms with Crippen molar-refractivity contribution in [3.8, 4) is 0 Å². The van der Waals surface area contributed by atoms with E-state index in [2.05, 4.69) is 24.1 Å². The molecule has 5 heteroatoms. The van der Waals surface area contributed by atoms with Crippen molar-refractivity contribution in [2.24, 2.45) is 0 Å². The number of hydrogen-bond acceptors (Lipinski definition) is 4. The van der Waals surface area contributed by atoms with Crippen LogP contribution in [0.3, 0.4) is 0 Å². The maximum atomic E-state index is 12.1. The van der Waals surface area contributed by atoms with Gasteiger partial charge in [-0.15, -0.1) is 11.3 Å². The van der Waals surface area contributed by atoms with Crippen LogP contribution >= 0.6 is 11.3 Å². The van der Waals surface area contributed by atoms with Gasteiger partial charge in [0.1, 0.15) is 0 Å². The van der Waals surface area contributed by atoms with Crippen LogP contribution in [-0.4, -0.2) is 41.7 Å². The number of amides is 1. The van der Waals surface area contributed by atoms with Crippen LogP contribution in [0.1, 0.15) is 44.5 Å². The molecule has 0 fully saturated rings. The van der Waals surface area contributed by atoms with Gasteiger partial charge in [-0.1, -0.05) is 19.9 Å². The van der Waals surface area contributed by atoms with Gasteiger partial charge in [-0.05, 0) is 31.2 Å². The molecule has 0 radical (unpaired) electrons. The van der Waals surface area contributed by atoms with Crippen molar-refractivity contribution in [1.82, 2.24) is 10.2 Å². The molecule has 1 aromatic rings. The lowest BCUT2D eigenvalue weighted by Crippen LogP contribution is -2.44. The maximum Gasteiger partial charge on any atom is 0.234 e. The minimum Gasteiger partial charge on any atom is -0.395 e. The summed E-state index contributed by atoms with van der Waals surface area (Å²) in [6.07, 6.45) is 1.98. The van der Waals surface area contributed by atoms with E-state index in [-0.39, 0.29) is 18.6 Å². The topological polar surface area (TPSA) is 52.6 Å². The van der Waals surface area contributed by atoms with Crippen molar-refractivity contribution in [1.29, 1.82) is 0 Å². The van der Waals surface area contributed by atoms with Crippen LogP contribution in [0.15, 0.2) is 17.5 Å². The van der Waals surface area contributed by atoms with Gasteiger partial charge in [0.25, 0.3) is 0 Å². The first-order chi connectivity index (χ1) is 9.62. The Balaban J connectivity index is 2.53. The number of carbonyl (C=O) groups is 1. The summed E-state index contributed by atoms with van der Waals surface area (Å²) in [5.74, 6) is 0.0197. The van der Waals surface area contributed by atoms with Gasteiger partial charge in [-0.3, -0.25) is 9.69 Å². The van der Waals surface area contributed by atoms with E-state index in [4.69, 9.17) is 5.11 Å². The van der Waals surface area contributed by atoms with Gasteiger partial charge in [-0.2, -0.15) is 0 Å². The average Bonchev–Trinajstić information content (AvgIpc) is 2.94. The molecule has 0 aromatic carbocycles. The van der Waals surface area contributed by atoms with Crippen LogP contribution < -0.4 is 5.32 Å². The number of carbonyl (C=O) groups excluding carboxylic acids is 1. The molecule has 0 saturated heterocycles. The smallest absolute Gasteiger partial charge is 0.234 e. The van der Waals surface area contributed by atoms with Gasteiger partial charge in [-0.25, -0.2) is 0 Å². The third-order valence-electron chi connectivity index (χ3n) is 3.54. The Hall–Kier alpha value is -0.910. The zero-order valence-electron chi connectivity index (χ0n) is 12.6. The standard InChI is InChI=1S/C15H26N2O2S/c1-4-13(5-2)17(8-9-18)11-15(19)16-12(3)14-7-6-10-20-14/h6-7,10,12-13,18H,4-5,8-9,11H2,1-3H3,(H,16,19). The van der Waals surface area contributed by atoms with Gasteiger partial charge >= 0.3 is 0 Å². The second-order valence-corrected chi connectivity index (χ2v) is 5.95. The van der Waals surface area contributed by atoms with Crippen LogP contribution in [0.4, 0.5) is 0 Å². The van der Waals surface area contributed by atoms with Crippen LogP contribution in [0, 0.1) is 0 Å². The summed E-state index contributed by atoms with van der Waals surface area (Å²) in [4.78, 5) is 15.4. The first kappa shape index (κ1) is 17.1. The van der Waals surface area contributed by atoms with Crippen LogP contribution in [0.5, 0.6) is 0 Å². The lowest BCUT2D eigenvalue weighted by atomic mass is 10.1. The third kappa shape index (κ3) is 5.23. The van der Waals surface area contributed by atoms with Crippen molar-refractivity contribution < 1.29 is 9.90 Å². The molecule has 2 N–H and O–H groups in total. The first-order valence-corrected chi connectivity index (χ1v) is 8.17. The molecule has 4 nitrogen and oxygen atoms in total. The molecule has 1 heterocycles. The normalized spacial score (nSPS) is 12.9. The fraction of sp³-hybridized carbons (Fsp3) is 0.667. The number of aliphatic hydroxyl groups is 1. The highest BCUT2D eigenvalue weighted by Crippen LogP contribution is 2.18. The van der Waals surface area contributed by atoms with Crippen molar-refractivity contribution in [2.45, 2.75) is 45.7 Å².